The summed E-state index contributed by atoms with van der Waals surface area (Å²) >= 11 is 5.77. The van der Waals surface area contributed by atoms with Gasteiger partial charge >= 0.3 is 0 Å². The second kappa shape index (κ2) is 8.46. The van der Waals surface area contributed by atoms with Crippen molar-refractivity contribution in [2.75, 3.05) is 38.0 Å². The number of benzene rings is 2. The van der Waals surface area contributed by atoms with Crippen molar-refractivity contribution >= 4 is 35.6 Å². The molecular weight excluding hydrogens is 388 g/mol. The van der Waals surface area contributed by atoms with Crippen molar-refractivity contribution in [1.29, 1.82) is 0 Å². The van der Waals surface area contributed by atoms with Crippen molar-refractivity contribution < 1.29 is 9.18 Å². The Morgan fingerprint density at radius 2 is 1.93 bits per heavy atom. The van der Waals surface area contributed by atoms with E-state index < -0.39 is 5.82 Å². The zero-order valence-electron chi connectivity index (χ0n) is 14.9. The van der Waals surface area contributed by atoms with Crippen LogP contribution in [-0.4, -0.2) is 48.4 Å². The molecule has 2 aromatic rings. The minimum Gasteiger partial charge on any atom is -0.384 e. The minimum atomic E-state index is -0.559. The lowest BCUT2D eigenvalue weighted by Gasteiger charge is -2.35. The lowest BCUT2D eigenvalue weighted by molar-refractivity contribution is 0.0624. The van der Waals surface area contributed by atoms with Crippen molar-refractivity contribution in [1.82, 2.24) is 9.80 Å². The van der Waals surface area contributed by atoms with Gasteiger partial charge in [0.2, 0.25) is 0 Å². The van der Waals surface area contributed by atoms with Crippen molar-refractivity contribution in [2.45, 2.75) is 13.0 Å². The number of para-hydroxylation sites is 1. The summed E-state index contributed by atoms with van der Waals surface area (Å²) in [7, 11) is 0. The summed E-state index contributed by atoms with van der Waals surface area (Å²) in [5, 5.41) is 3.77. The summed E-state index contributed by atoms with van der Waals surface area (Å²) in [6, 6.07) is 10.7. The first-order chi connectivity index (χ1) is 12.6. The van der Waals surface area contributed by atoms with Gasteiger partial charge in [0.15, 0.2) is 0 Å². The number of hydrogen-bond donors (Lipinski definition) is 1. The average molecular weight is 410 g/mol. The van der Waals surface area contributed by atoms with Gasteiger partial charge in [-0.2, -0.15) is 0 Å². The largest absolute Gasteiger partial charge is 0.384 e. The Morgan fingerprint density at radius 3 is 2.67 bits per heavy atom. The molecule has 0 bridgehead atoms. The fourth-order valence-electron chi connectivity index (χ4n) is 3.73. The highest BCUT2D eigenvalue weighted by Crippen LogP contribution is 2.27. The fraction of sp³-hybridized carbons (Fsp3) is 0.350. The van der Waals surface area contributed by atoms with Gasteiger partial charge in [0.25, 0.3) is 5.91 Å². The van der Waals surface area contributed by atoms with Crippen LogP contribution in [0.1, 0.15) is 21.5 Å². The Labute approximate surface area is 169 Å². The molecular formula is C20H22Cl2FN3O. The highest BCUT2D eigenvalue weighted by Gasteiger charge is 2.25. The number of hydrogen-bond acceptors (Lipinski definition) is 3. The van der Waals surface area contributed by atoms with E-state index in [1.807, 2.05) is 0 Å². The van der Waals surface area contributed by atoms with E-state index in [1.54, 1.807) is 11.0 Å². The highest BCUT2D eigenvalue weighted by atomic mass is 35.5. The molecule has 0 saturated carbocycles. The number of nitrogens with zero attached hydrogens (tertiary/aromatic N) is 2. The molecule has 1 amide bonds. The van der Waals surface area contributed by atoms with Crippen LogP contribution < -0.4 is 5.32 Å². The summed E-state index contributed by atoms with van der Waals surface area (Å²) in [6.07, 6.45) is 1.08. The number of amides is 1. The number of fused-ring (bicyclic) bond motifs is 1. The van der Waals surface area contributed by atoms with E-state index in [-0.39, 0.29) is 23.9 Å². The molecule has 2 aliphatic rings. The molecule has 4 rings (SSSR count). The summed E-state index contributed by atoms with van der Waals surface area (Å²) in [6.45, 7) is 4.64. The van der Waals surface area contributed by atoms with E-state index in [0.717, 1.165) is 32.6 Å². The van der Waals surface area contributed by atoms with Gasteiger partial charge in [-0.05, 0) is 35.7 Å². The van der Waals surface area contributed by atoms with Crippen molar-refractivity contribution in [3.63, 3.8) is 0 Å². The SMILES string of the molecule is Cl.O=C(c1ccc(Cl)cc1F)N1CCN(Cc2cccc3c2NCC3)CC1. The lowest BCUT2D eigenvalue weighted by atomic mass is 10.1. The lowest BCUT2D eigenvalue weighted by Crippen LogP contribution is -2.48. The van der Waals surface area contributed by atoms with Crippen LogP contribution >= 0.6 is 24.0 Å². The van der Waals surface area contributed by atoms with E-state index in [2.05, 4.69) is 28.4 Å². The summed E-state index contributed by atoms with van der Waals surface area (Å²) in [4.78, 5) is 16.6. The van der Waals surface area contributed by atoms with Crippen LogP contribution in [-0.2, 0) is 13.0 Å². The van der Waals surface area contributed by atoms with Gasteiger partial charge in [0, 0.05) is 50.0 Å². The molecule has 2 aliphatic heterocycles. The first-order valence-corrected chi connectivity index (χ1v) is 9.31. The predicted octanol–water partition coefficient (Wildman–Crippen LogP) is 3.83. The van der Waals surface area contributed by atoms with Crippen LogP contribution in [0.25, 0.3) is 0 Å². The average Bonchev–Trinajstić information content (AvgIpc) is 3.12. The number of halogens is 3. The fourth-order valence-corrected chi connectivity index (χ4v) is 3.88. The summed E-state index contributed by atoms with van der Waals surface area (Å²) < 4.78 is 14.0. The van der Waals surface area contributed by atoms with Gasteiger partial charge in [0.05, 0.1) is 5.56 Å². The Kier molecular flexibility index (Phi) is 6.25. The number of carbonyl (C=O) groups is 1. The van der Waals surface area contributed by atoms with E-state index in [9.17, 15) is 9.18 Å². The third-order valence-electron chi connectivity index (χ3n) is 5.15. The molecule has 4 nitrogen and oxygen atoms in total. The molecule has 7 heteroatoms. The number of anilines is 1. The molecule has 1 saturated heterocycles. The molecule has 2 aromatic carbocycles. The van der Waals surface area contributed by atoms with Crippen LogP contribution in [0.2, 0.25) is 5.02 Å². The monoisotopic (exact) mass is 409 g/mol. The maximum atomic E-state index is 14.0. The molecule has 0 aromatic heterocycles. The van der Waals surface area contributed by atoms with E-state index in [1.165, 1.54) is 28.9 Å². The second-order valence-electron chi connectivity index (χ2n) is 6.82. The maximum Gasteiger partial charge on any atom is 0.256 e. The molecule has 1 N–H and O–H groups in total. The van der Waals surface area contributed by atoms with Gasteiger partial charge in [-0.3, -0.25) is 9.69 Å². The van der Waals surface area contributed by atoms with Crippen molar-refractivity contribution in [2.24, 2.45) is 0 Å². The molecule has 0 spiro atoms. The molecule has 144 valence electrons. The van der Waals surface area contributed by atoms with Crippen LogP contribution in [0, 0.1) is 5.82 Å². The van der Waals surface area contributed by atoms with E-state index in [0.29, 0.717) is 18.1 Å². The van der Waals surface area contributed by atoms with Gasteiger partial charge in [-0.1, -0.05) is 29.8 Å². The first kappa shape index (κ1) is 19.9. The molecule has 27 heavy (non-hydrogen) atoms. The van der Waals surface area contributed by atoms with Gasteiger partial charge < -0.3 is 10.2 Å². The Balaban J connectivity index is 0.00000210. The zero-order chi connectivity index (χ0) is 18.1. The van der Waals surface area contributed by atoms with Crippen LogP contribution in [0.15, 0.2) is 36.4 Å². The summed E-state index contributed by atoms with van der Waals surface area (Å²) in [5.41, 5.74) is 4.06. The van der Waals surface area contributed by atoms with Gasteiger partial charge in [0.1, 0.15) is 5.82 Å². The predicted molar refractivity (Wildman–Crippen MR) is 108 cm³/mol. The van der Waals surface area contributed by atoms with Gasteiger partial charge in [-0.25, -0.2) is 4.39 Å². The van der Waals surface area contributed by atoms with Crippen molar-refractivity contribution in [3.8, 4) is 0 Å². The standard InChI is InChI=1S/C20H21ClFN3O.ClH/c21-16-4-5-17(18(22)12-16)20(26)25-10-8-24(9-11-25)13-15-3-1-2-14-6-7-23-19(14)15;/h1-5,12,23H,6-11,13H2;1H. The normalized spacial score (nSPS) is 16.4. The molecule has 1 fully saturated rings. The first-order valence-electron chi connectivity index (χ1n) is 8.93. The molecule has 0 unspecified atom stereocenters. The Morgan fingerprint density at radius 1 is 1.15 bits per heavy atom. The van der Waals surface area contributed by atoms with Crippen LogP contribution in [0.5, 0.6) is 0 Å². The Bertz CT molecular complexity index is 838. The third kappa shape index (κ3) is 4.21. The molecule has 0 radical (unpaired) electrons. The minimum absolute atomic E-state index is 0. The van der Waals surface area contributed by atoms with E-state index in [4.69, 9.17) is 11.6 Å². The van der Waals surface area contributed by atoms with Crippen molar-refractivity contribution in [3.05, 3.63) is 63.9 Å². The number of piperazine rings is 1. The second-order valence-corrected chi connectivity index (χ2v) is 7.26. The van der Waals surface area contributed by atoms with Gasteiger partial charge in [-0.15, -0.1) is 12.4 Å². The summed E-state index contributed by atoms with van der Waals surface area (Å²) in [5.74, 6) is -0.822. The highest BCUT2D eigenvalue weighted by molar-refractivity contribution is 6.30. The van der Waals surface area contributed by atoms with Crippen LogP contribution in [0.3, 0.4) is 0 Å². The topological polar surface area (TPSA) is 35.6 Å². The number of nitrogens with one attached hydrogen (secondary N) is 1. The van der Waals surface area contributed by atoms with E-state index >= 15 is 0 Å². The number of rotatable bonds is 3. The molecule has 0 aliphatic carbocycles. The smallest absolute Gasteiger partial charge is 0.256 e. The molecule has 0 atom stereocenters. The number of carbonyl (C=O) groups excluding carboxylic acids is 1. The zero-order valence-corrected chi connectivity index (χ0v) is 16.5. The van der Waals surface area contributed by atoms with Crippen LogP contribution in [0.4, 0.5) is 10.1 Å². The maximum absolute atomic E-state index is 14.0. The quantitative estimate of drug-likeness (QED) is 0.836. The third-order valence-corrected chi connectivity index (χ3v) is 5.38. The molecule has 2 heterocycles. The Hall–Kier alpha value is -1.82.